The predicted molar refractivity (Wildman–Crippen MR) is 77.4 cm³/mol. The van der Waals surface area contributed by atoms with E-state index in [1.54, 1.807) is 6.07 Å². The van der Waals surface area contributed by atoms with Crippen LogP contribution in [0.1, 0.15) is 30.4 Å². The van der Waals surface area contributed by atoms with Crippen LogP contribution in [0, 0.1) is 5.82 Å². The molecule has 0 saturated heterocycles. The number of nitrogens with zero attached hydrogens (tertiary/aromatic N) is 1. The molecule has 0 radical (unpaired) electrons. The lowest BCUT2D eigenvalue weighted by Gasteiger charge is -2.37. The third kappa shape index (κ3) is 3.49. The smallest absolute Gasteiger partial charge is 0.123 e. The number of hydrogen-bond donors (Lipinski definition) is 2. The van der Waals surface area contributed by atoms with Crippen molar-refractivity contribution in [2.45, 2.75) is 31.8 Å². The summed E-state index contributed by atoms with van der Waals surface area (Å²) in [5.74, 6) is -0.285. The van der Waals surface area contributed by atoms with E-state index in [1.165, 1.54) is 18.6 Å². The van der Waals surface area contributed by atoms with Gasteiger partial charge in [-0.05, 0) is 36.6 Å². The molecule has 2 rings (SSSR count). The molecule has 19 heavy (non-hydrogen) atoms. The van der Waals surface area contributed by atoms with Gasteiger partial charge < -0.3 is 10.8 Å². The van der Waals surface area contributed by atoms with Crippen molar-refractivity contribution in [3.8, 4) is 0 Å². The Kier molecular flexibility index (Phi) is 4.85. The van der Waals surface area contributed by atoms with Crippen LogP contribution in [0.2, 0.25) is 0 Å². The molecule has 0 atom stereocenters. The van der Waals surface area contributed by atoms with Gasteiger partial charge in [-0.2, -0.15) is 0 Å². The summed E-state index contributed by atoms with van der Waals surface area (Å²) >= 11 is 5.01. The van der Waals surface area contributed by atoms with Crippen LogP contribution >= 0.6 is 12.2 Å². The number of thiocarbonyl (C=S) groups is 1. The lowest BCUT2D eigenvalue weighted by Crippen LogP contribution is -2.41. The maximum atomic E-state index is 13.4. The summed E-state index contributed by atoms with van der Waals surface area (Å²) in [6.45, 7) is 1.28. The molecular weight excluding hydrogens is 263 g/mol. The van der Waals surface area contributed by atoms with E-state index in [1.807, 2.05) is 0 Å². The van der Waals surface area contributed by atoms with Crippen molar-refractivity contribution in [3.63, 3.8) is 0 Å². The Morgan fingerprint density at radius 3 is 2.74 bits per heavy atom. The largest absolute Gasteiger partial charge is 0.395 e. The SMILES string of the molecule is NC(=S)c1ccc(F)cc1CN(CCO)C1CCC1. The third-order valence-electron chi connectivity index (χ3n) is 3.68. The molecule has 0 bridgehead atoms. The standard InChI is InChI=1S/C14H19FN2OS/c15-11-4-5-13(14(16)19)10(8-11)9-17(6-7-18)12-2-1-3-12/h4-5,8,12,18H,1-3,6-7,9H2,(H2,16,19). The van der Waals surface area contributed by atoms with Crippen molar-refractivity contribution >= 4 is 17.2 Å². The van der Waals surface area contributed by atoms with Gasteiger partial charge in [0.1, 0.15) is 10.8 Å². The predicted octanol–water partition coefficient (Wildman–Crippen LogP) is 1.81. The van der Waals surface area contributed by atoms with Crippen molar-refractivity contribution in [1.29, 1.82) is 0 Å². The summed E-state index contributed by atoms with van der Waals surface area (Å²) in [6, 6.07) is 4.97. The third-order valence-corrected chi connectivity index (χ3v) is 3.90. The molecule has 1 saturated carbocycles. The molecule has 0 spiro atoms. The summed E-state index contributed by atoms with van der Waals surface area (Å²) in [5, 5.41) is 9.15. The minimum atomic E-state index is -0.285. The van der Waals surface area contributed by atoms with Crippen molar-refractivity contribution in [1.82, 2.24) is 4.90 Å². The zero-order valence-corrected chi connectivity index (χ0v) is 11.6. The molecule has 1 aromatic rings. The molecule has 5 heteroatoms. The van der Waals surface area contributed by atoms with Gasteiger partial charge >= 0.3 is 0 Å². The average Bonchev–Trinajstić information content (AvgIpc) is 2.26. The highest BCUT2D eigenvalue weighted by atomic mass is 32.1. The first-order valence-corrected chi connectivity index (χ1v) is 6.95. The molecule has 0 amide bonds. The van der Waals surface area contributed by atoms with E-state index in [-0.39, 0.29) is 17.4 Å². The van der Waals surface area contributed by atoms with Crippen LogP contribution in [-0.2, 0) is 6.54 Å². The van der Waals surface area contributed by atoms with E-state index in [9.17, 15) is 4.39 Å². The Bertz CT molecular complexity index is 463. The van der Waals surface area contributed by atoms with Gasteiger partial charge in [0, 0.05) is 24.7 Å². The monoisotopic (exact) mass is 282 g/mol. The number of nitrogens with two attached hydrogens (primary N) is 1. The second kappa shape index (κ2) is 6.41. The van der Waals surface area contributed by atoms with Crippen LogP contribution in [-0.4, -0.2) is 34.2 Å². The Labute approximate surface area is 118 Å². The van der Waals surface area contributed by atoms with Crippen LogP contribution in [0.3, 0.4) is 0 Å². The zero-order chi connectivity index (χ0) is 13.8. The minimum absolute atomic E-state index is 0.105. The van der Waals surface area contributed by atoms with E-state index in [2.05, 4.69) is 4.90 Å². The second-order valence-corrected chi connectivity index (χ2v) is 5.38. The quantitative estimate of drug-likeness (QED) is 0.781. The Morgan fingerprint density at radius 1 is 1.47 bits per heavy atom. The van der Waals surface area contributed by atoms with Crippen LogP contribution in [0.4, 0.5) is 4.39 Å². The van der Waals surface area contributed by atoms with E-state index >= 15 is 0 Å². The molecule has 1 aliphatic rings. The summed E-state index contributed by atoms with van der Waals surface area (Å²) in [5.41, 5.74) is 7.20. The summed E-state index contributed by atoms with van der Waals surface area (Å²) in [7, 11) is 0. The molecule has 0 aliphatic heterocycles. The molecule has 0 aromatic heterocycles. The van der Waals surface area contributed by atoms with Gasteiger partial charge in [0.25, 0.3) is 0 Å². The summed E-state index contributed by atoms with van der Waals surface area (Å²) in [6.07, 6.45) is 3.49. The van der Waals surface area contributed by atoms with E-state index < -0.39 is 0 Å². The van der Waals surface area contributed by atoms with Crippen molar-refractivity contribution in [2.24, 2.45) is 5.73 Å². The highest BCUT2D eigenvalue weighted by Crippen LogP contribution is 2.26. The molecule has 1 fully saturated rings. The van der Waals surface area contributed by atoms with Crippen LogP contribution < -0.4 is 5.73 Å². The number of aliphatic hydroxyl groups excluding tert-OH is 1. The maximum absolute atomic E-state index is 13.4. The normalized spacial score (nSPS) is 15.5. The Morgan fingerprint density at radius 2 is 2.21 bits per heavy atom. The number of halogens is 1. The van der Waals surface area contributed by atoms with Crippen LogP contribution in [0.25, 0.3) is 0 Å². The van der Waals surface area contributed by atoms with E-state index in [0.29, 0.717) is 19.1 Å². The Balaban J connectivity index is 2.19. The molecular formula is C14H19FN2OS. The number of rotatable bonds is 6. The fourth-order valence-corrected chi connectivity index (χ4v) is 2.62. The molecule has 0 heterocycles. The minimum Gasteiger partial charge on any atom is -0.395 e. The maximum Gasteiger partial charge on any atom is 0.123 e. The first-order chi connectivity index (χ1) is 9.11. The van der Waals surface area contributed by atoms with Gasteiger partial charge in [0.05, 0.1) is 6.61 Å². The second-order valence-electron chi connectivity index (χ2n) is 4.94. The topological polar surface area (TPSA) is 49.5 Å². The molecule has 0 unspecified atom stereocenters. The van der Waals surface area contributed by atoms with E-state index in [0.717, 1.165) is 24.0 Å². The summed E-state index contributed by atoms with van der Waals surface area (Å²) in [4.78, 5) is 2.47. The van der Waals surface area contributed by atoms with E-state index in [4.69, 9.17) is 23.1 Å². The Hall–Kier alpha value is -1.04. The fourth-order valence-electron chi connectivity index (χ4n) is 2.42. The summed E-state index contributed by atoms with van der Waals surface area (Å²) < 4.78 is 13.4. The van der Waals surface area contributed by atoms with Crippen molar-refractivity contribution in [3.05, 3.63) is 35.1 Å². The lowest BCUT2D eigenvalue weighted by molar-refractivity contribution is 0.0944. The highest BCUT2D eigenvalue weighted by Gasteiger charge is 2.25. The van der Waals surface area contributed by atoms with Gasteiger partial charge in [-0.15, -0.1) is 0 Å². The molecule has 3 nitrogen and oxygen atoms in total. The molecule has 3 N–H and O–H groups in total. The van der Waals surface area contributed by atoms with Crippen LogP contribution in [0.5, 0.6) is 0 Å². The number of benzene rings is 1. The fraction of sp³-hybridized carbons (Fsp3) is 0.500. The lowest BCUT2D eigenvalue weighted by atomic mass is 9.91. The first-order valence-electron chi connectivity index (χ1n) is 6.55. The van der Waals surface area contributed by atoms with Crippen molar-refractivity contribution in [2.75, 3.05) is 13.2 Å². The zero-order valence-electron chi connectivity index (χ0n) is 10.8. The van der Waals surface area contributed by atoms with Gasteiger partial charge in [0.15, 0.2) is 0 Å². The average molecular weight is 282 g/mol. The van der Waals surface area contributed by atoms with Gasteiger partial charge in [-0.25, -0.2) is 4.39 Å². The van der Waals surface area contributed by atoms with Gasteiger partial charge in [-0.3, -0.25) is 4.90 Å². The van der Waals surface area contributed by atoms with Crippen LogP contribution in [0.15, 0.2) is 18.2 Å². The highest BCUT2D eigenvalue weighted by molar-refractivity contribution is 7.80. The molecule has 104 valence electrons. The van der Waals surface area contributed by atoms with Gasteiger partial charge in [0.2, 0.25) is 0 Å². The first kappa shape index (κ1) is 14.4. The molecule has 1 aromatic carbocycles. The number of aliphatic hydroxyl groups is 1. The number of hydrogen-bond acceptors (Lipinski definition) is 3. The molecule has 1 aliphatic carbocycles. The van der Waals surface area contributed by atoms with Crippen molar-refractivity contribution < 1.29 is 9.50 Å². The van der Waals surface area contributed by atoms with Gasteiger partial charge in [-0.1, -0.05) is 18.6 Å².